The molecule has 1 aliphatic carbocycles. The number of methoxy groups -OCH3 is 1. The first kappa shape index (κ1) is 12.3. The zero-order chi connectivity index (χ0) is 11.8. The lowest BCUT2D eigenvalue weighted by molar-refractivity contribution is 0.401. The third-order valence-corrected chi connectivity index (χ3v) is 4.73. The molecular weight excluding hydrogens is 287 g/mol. The average molecular weight is 304 g/mol. The molecule has 0 aliphatic heterocycles. The topological polar surface area (TPSA) is 9.23 Å². The molecule has 0 saturated heterocycles. The SMILES string of the molecule is COc1ccc(Cl)cc1CC1(C(C)Br)CC1. The highest BCUT2D eigenvalue weighted by atomic mass is 79.9. The van der Waals surface area contributed by atoms with Crippen LogP contribution in [-0.2, 0) is 6.42 Å². The Bertz CT molecular complexity index is 386. The Labute approximate surface area is 110 Å². The van der Waals surface area contributed by atoms with E-state index < -0.39 is 0 Å². The molecule has 1 atom stereocenters. The Morgan fingerprint density at radius 1 is 1.50 bits per heavy atom. The van der Waals surface area contributed by atoms with E-state index in [2.05, 4.69) is 22.9 Å². The highest BCUT2D eigenvalue weighted by Gasteiger charge is 2.46. The van der Waals surface area contributed by atoms with Crippen molar-refractivity contribution in [2.24, 2.45) is 5.41 Å². The van der Waals surface area contributed by atoms with Gasteiger partial charge in [-0.05, 0) is 48.4 Å². The van der Waals surface area contributed by atoms with Gasteiger partial charge in [0.1, 0.15) is 5.75 Å². The lowest BCUT2D eigenvalue weighted by Crippen LogP contribution is -2.15. The Morgan fingerprint density at radius 3 is 2.69 bits per heavy atom. The maximum Gasteiger partial charge on any atom is 0.122 e. The molecule has 88 valence electrons. The summed E-state index contributed by atoms with van der Waals surface area (Å²) in [7, 11) is 1.71. The normalized spacial score (nSPS) is 19.2. The third kappa shape index (κ3) is 2.38. The summed E-state index contributed by atoms with van der Waals surface area (Å²) in [5.41, 5.74) is 1.64. The average Bonchev–Trinajstić information content (AvgIpc) is 2.99. The van der Waals surface area contributed by atoms with Crippen LogP contribution < -0.4 is 4.74 Å². The summed E-state index contributed by atoms with van der Waals surface area (Å²) >= 11 is 9.74. The largest absolute Gasteiger partial charge is 0.496 e. The van der Waals surface area contributed by atoms with Gasteiger partial charge in [-0.1, -0.05) is 34.5 Å². The zero-order valence-electron chi connectivity index (χ0n) is 9.59. The molecule has 0 heterocycles. The van der Waals surface area contributed by atoms with E-state index in [1.807, 2.05) is 18.2 Å². The van der Waals surface area contributed by atoms with Crippen LogP contribution in [0.25, 0.3) is 0 Å². The second-order valence-electron chi connectivity index (χ2n) is 4.61. The van der Waals surface area contributed by atoms with Crippen molar-refractivity contribution in [1.29, 1.82) is 0 Å². The van der Waals surface area contributed by atoms with Crippen molar-refractivity contribution < 1.29 is 4.74 Å². The molecule has 1 fully saturated rings. The van der Waals surface area contributed by atoms with Crippen LogP contribution in [-0.4, -0.2) is 11.9 Å². The fourth-order valence-electron chi connectivity index (χ4n) is 2.14. The van der Waals surface area contributed by atoms with Crippen LogP contribution in [0.5, 0.6) is 5.75 Å². The fraction of sp³-hybridized carbons (Fsp3) is 0.538. The van der Waals surface area contributed by atoms with Crippen molar-refractivity contribution in [3.63, 3.8) is 0 Å². The number of ether oxygens (including phenoxy) is 1. The summed E-state index contributed by atoms with van der Waals surface area (Å²) < 4.78 is 5.38. The molecule has 16 heavy (non-hydrogen) atoms. The van der Waals surface area contributed by atoms with Gasteiger partial charge in [-0.3, -0.25) is 0 Å². The monoisotopic (exact) mass is 302 g/mol. The van der Waals surface area contributed by atoms with Gasteiger partial charge in [0.2, 0.25) is 0 Å². The number of halogens is 2. The molecule has 1 aromatic carbocycles. The van der Waals surface area contributed by atoms with Crippen molar-refractivity contribution in [3.05, 3.63) is 28.8 Å². The summed E-state index contributed by atoms with van der Waals surface area (Å²) in [5, 5.41) is 0.786. The molecule has 0 bridgehead atoms. The standard InChI is InChI=1S/C13H16BrClO/c1-9(14)13(5-6-13)8-10-7-11(15)3-4-12(10)16-2/h3-4,7,9H,5-6,8H2,1-2H3. The molecule has 0 aromatic heterocycles. The fourth-order valence-corrected chi connectivity index (χ4v) is 2.95. The van der Waals surface area contributed by atoms with Gasteiger partial charge >= 0.3 is 0 Å². The Kier molecular flexibility index (Phi) is 3.50. The van der Waals surface area contributed by atoms with Crippen molar-refractivity contribution >= 4 is 27.5 Å². The van der Waals surface area contributed by atoms with E-state index in [1.165, 1.54) is 18.4 Å². The predicted molar refractivity (Wildman–Crippen MR) is 71.8 cm³/mol. The van der Waals surface area contributed by atoms with Crippen LogP contribution in [0, 0.1) is 5.41 Å². The minimum atomic E-state index is 0.415. The molecule has 2 rings (SSSR count). The van der Waals surface area contributed by atoms with E-state index in [4.69, 9.17) is 16.3 Å². The molecule has 1 aliphatic rings. The Hall–Kier alpha value is -0.210. The van der Waals surface area contributed by atoms with Gasteiger partial charge in [0.15, 0.2) is 0 Å². The molecule has 3 heteroatoms. The number of hydrogen-bond acceptors (Lipinski definition) is 1. The predicted octanol–water partition coefficient (Wildman–Crippen LogP) is 4.45. The van der Waals surface area contributed by atoms with Gasteiger partial charge < -0.3 is 4.74 Å². The quantitative estimate of drug-likeness (QED) is 0.747. The highest BCUT2D eigenvalue weighted by Crippen LogP contribution is 2.54. The van der Waals surface area contributed by atoms with E-state index in [0.29, 0.717) is 10.2 Å². The van der Waals surface area contributed by atoms with E-state index >= 15 is 0 Å². The van der Waals surface area contributed by atoms with Crippen molar-refractivity contribution in [2.45, 2.75) is 31.0 Å². The van der Waals surface area contributed by atoms with Crippen LogP contribution in [0.2, 0.25) is 5.02 Å². The van der Waals surface area contributed by atoms with Crippen LogP contribution >= 0.6 is 27.5 Å². The Balaban J connectivity index is 2.23. The van der Waals surface area contributed by atoms with Crippen LogP contribution in [0.3, 0.4) is 0 Å². The van der Waals surface area contributed by atoms with Gasteiger partial charge in [-0.15, -0.1) is 0 Å². The van der Waals surface area contributed by atoms with Crippen LogP contribution in [0.1, 0.15) is 25.3 Å². The van der Waals surface area contributed by atoms with Gasteiger partial charge in [-0.2, -0.15) is 0 Å². The minimum absolute atomic E-state index is 0.415. The zero-order valence-corrected chi connectivity index (χ0v) is 11.9. The van der Waals surface area contributed by atoms with Crippen molar-refractivity contribution in [2.75, 3.05) is 7.11 Å². The first-order valence-corrected chi connectivity index (χ1v) is 6.83. The molecular formula is C13H16BrClO. The molecule has 0 N–H and O–H groups in total. The van der Waals surface area contributed by atoms with Gasteiger partial charge in [0.25, 0.3) is 0 Å². The first-order chi connectivity index (χ1) is 7.57. The lowest BCUT2D eigenvalue weighted by atomic mass is 9.93. The number of rotatable bonds is 4. The maximum atomic E-state index is 6.04. The molecule has 1 unspecified atom stereocenters. The van der Waals surface area contributed by atoms with E-state index in [-0.39, 0.29) is 0 Å². The summed E-state index contributed by atoms with van der Waals surface area (Å²) in [4.78, 5) is 0.545. The summed E-state index contributed by atoms with van der Waals surface area (Å²) in [6.07, 6.45) is 3.62. The molecule has 1 aromatic rings. The van der Waals surface area contributed by atoms with Crippen molar-refractivity contribution in [1.82, 2.24) is 0 Å². The number of hydrogen-bond donors (Lipinski definition) is 0. The second kappa shape index (κ2) is 4.58. The summed E-state index contributed by atoms with van der Waals surface area (Å²) in [5.74, 6) is 0.948. The van der Waals surface area contributed by atoms with Gasteiger partial charge in [-0.25, -0.2) is 0 Å². The maximum absolute atomic E-state index is 6.04. The van der Waals surface area contributed by atoms with Crippen LogP contribution in [0.15, 0.2) is 18.2 Å². The number of alkyl halides is 1. The first-order valence-electron chi connectivity index (χ1n) is 5.54. The van der Waals surface area contributed by atoms with E-state index in [0.717, 1.165) is 17.2 Å². The summed E-state index contributed by atoms with van der Waals surface area (Å²) in [6, 6.07) is 5.85. The molecule has 1 saturated carbocycles. The lowest BCUT2D eigenvalue weighted by Gasteiger charge is -2.19. The summed E-state index contributed by atoms with van der Waals surface area (Å²) in [6.45, 7) is 2.23. The molecule has 0 amide bonds. The van der Waals surface area contributed by atoms with Gasteiger partial charge in [0, 0.05) is 9.85 Å². The van der Waals surface area contributed by atoms with E-state index in [1.54, 1.807) is 7.11 Å². The Morgan fingerprint density at radius 2 is 2.19 bits per heavy atom. The molecule has 0 radical (unpaired) electrons. The molecule has 0 spiro atoms. The van der Waals surface area contributed by atoms with Crippen LogP contribution in [0.4, 0.5) is 0 Å². The third-order valence-electron chi connectivity index (χ3n) is 3.52. The van der Waals surface area contributed by atoms with E-state index in [9.17, 15) is 0 Å². The number of benzene rings is 1. The minimum Gasteiger partial charge on any atom is -0.496 e. The smallest absolute Gasteiger partial charge is 0.122 e. The second-order valence-corrected chi connectivity index (χ2v) is 6.42. The highest BCUT2D eigenvalue weighted by molar-refractivity contribution is 9.09. The van der Waals surface area contributed by atoms with Crippen molar-refractivity contribution in [3.8, 4) is 5.75 Å². The van der Waals surface area contributed by atoms with Gasteiger partial charge in [0.05, 0.1) is 7.11 Å². The molecule has 1 nitrogen and oxygen atoms in total.